The molecule has 0 bridgehead atoms. The number of anilines is 1. The highest BCUT2D eigenvalue weighted by atomic mass is 32.2. The van der Waals surface area contributed by atoms with Crippen molar-refractivity contribution in [2.45, 2.75) is 45.7 Å². The van der Waals surface area contributed by atoms with E-state index in [1.807, 2.05) is 6.92 Å². The van der Waals surface area contributed by atoms with E-state index in [1.165, 1.54) is 26.0 Å². The predicted molar refractivity (Wildman–Crippen MR) is 82.8 cm³/mol. The highest BCUT2D eigenvalue weighted by Gasteiger charge is 2.46. The Balaban J connectivity index is 3.25. The Morgan fingerprint density at radius 2 is 2.00 bits per heavy atom. The lowest BCUT2D eigenvalue weighted by atomic mass is 10.1. The zero-order chi connectivity index (χ0) is 17.8. The molecule has 1 atom stereocenters. The number of rotatable bonds is 6. The molecule has 5 nitrogen and oxygen atoms in total. The van der Waals surface area contributed by atoms with E-state index in [9.17, 15) is 21.6 Å². The molecule has 1 aromatic carbocycles. The highest BCUT2D eigenvalue weighted by molar-refractivity contribution is 7.93. The summed E-state index contributed by atoms with van der Waals surface area (Å²) in [5.74, 6) is 0. The normalized spacial score (nSPS) is 14.5. The Kier molecular flexibility index (Phi) is 6.04. The average Bonchev–Trinajstić information content (AvgIpc) is 2.45. The van der Waals surface area contributed by atoms with Crippen molar-refractivity contribution < 1.29 is 26.4 Å². The van der Waals surface area contributed by atoms with Crippen LogP contribution >= 0.6 is 0 Å². The van der Waals surface area contributed by atoms with Gasteiger partial charge in [0.05, 0.1) is 11.4 Å². The van der Waals surface area contributed by atoms with E-state index in [4.69, 9.17) is 4.84 Å². The molecule has 1 rings (SSSR count). The third-order valence-corrected chi connectivity index (χ3v) is 4.23. The molecular formula is C14H19F3N2O3S. The van der Waals surface area contributed by atoms with E-state index < -0.39 is 15.5 Å². The number of halogens is 3. The first-order valence-corrected chi connectivity index (χ1v) is 8.37. The first kappa shape index (κ1) is 19.3. The Labute approximate surface area is 133 Å². The number of hydrogen-bond acceptors (Lipinski definition) is 4. The zero-order valence-electron chi connectivity index (χ0n) is 13.2. The summed E-state index contributed by atoms with van der Waals surface area (Å²) in [6, 6.07) is 4.57. The fraction of sp³-hybridized carbons (Fsp3) is 0.500. The first-order chi connectivity index (χ1) is 10.5. The van der Waals surface area contributed by atoms with E-state index in [1.54, 1.807) is 17.7 Å². The van der Waals surface area contributed by atoms with Crippen LogP contribution in [-0.2, 0) is 14.9 Å². The van der Waals surface area contributed by atoms with Crippen molar-refractivity contribution in [3.8, 4) is 0 Å². The van der Waals surface area contributed by atoms with Crippen LogP contribution in [0.5, 0.6) is 0 Å². The van der Waals surface area contributed by atoms with Crippen LogP contribution in [0.25, 0.3) is 0 Å². The fourth-order valence-corrected chi connectivity index (χ4v) is 2.25. The smallest absolute Gasteiger partial charge is 0.393 e. The maximum absolute atomic E-state index is 12.6. The molecular weight excluding hydrogens is 333 g/mol. The van der Waals surface area contributed by atoms with Gasteiger partial charge in [-0.1, -0.05) is 30.3 Å². The summed E-state index contributed by atoms with van der Waals surface area (Å²) in [6.45, 7) is 6.72. The standard InChI is InChI=1S/C14H19F3N2O3S/c1-5-10(3)22-18-11(4)12-8-6-7-9(2)13(12)19-23(20,21)14(15,16)17/h6-8,10,19H,5H2,1-4H3. The van der Waals surface area contributed by atoms with Crippen LogP contribution in [0.4, 0.5) is 18.9 Å². The fourth-order valence-electron chi connectivity index (χ4n) is 1.59. The van der Waals surface area contributed by atoms with E-state index in [0.717, 1.165) is 0 Å². The Morgan fingerprint density at radius 1 is 1.39 bits per heavy atom. The quantitative estimate of drug-likeness (QED) is 0.625. The van der Waals surface area contributed by atoms with Gasteiger partial charge < -0.3 is 4.84 Å². The van der Waals surface area contributed by atoms with Crippen molar-refractivity contribution in [3.05, 3.63) is 29.3 Å². The zero-order valence-corrected chi connectivity index (χ0v) is 14.0. The molecule has 130 valence electrons. The van der Waals surface area contributed by atoms with Gasteiger partial charge in [0.15, 0.2) is 0 Å². The number of nitrogens with one attached hydrogen (secondary N) is 1. The van der Waals surface area contributed by atoms with Gasteiger partial charge in [0, 0.05) is 5.56 Å². The summed E-state index contributed by atoms with van der Waals surface area (Å²) in [7, 11) is -5.51. The van der Waals surface area contributed by atoms with Crippen molar-refractivity contribution in [2.75, 3.05) is 4.72 Å². The van der Waals surface area contributed by atoms with Crippen molar-refractivity contribution in [3.63, 3.8) is 0 Å². The lowest BCUT2D eigenvalue weighted by Crippen LogP contribution is -2.30. The van der Waals surface area contributed by atoms with Gasteiger partial charge in [0.25, 0.3) is 0 Å². The molecule has 0 fully saturated rings. The molecule has 1 aromatic rings. The third-order valence-electron chi connectivity index (χ3n) is 3.15. The van der Waals surface area contributed by atoms with Gasteiger partial charge in [-0.05, 0) is 32.8 Å². The van der Waals surface area contributed by atoms with Crippen LogP contribution in [-0.4, -0.2) is 25.7 Å². The van der Waals surface area contributed by atoms with Crippen molar-refractivity contribution in [2.24, 2.45) is 5.16 Å². The minimum Gasteiger partial charge on any atom is -0.393 e. The predicted octanol–water partition coefficient (Wildman–Crippen LogP) is 3.80. The van der Waals surface area contributed by atoms with Gasteiger partial charge in [-0.3, -0.25) is 4.72 Å². The minimum absolute atomic E-state index is 0.162. The van der Waals surface area contributed by atoms with Gasteiger partial charge >= 0.3 is 15.5 Å². The second kappa shape index (κ2) is 7.20. The Bertz CT molecular complexity index is 685. The van der Waals surface area contributed by atoms with Crippen LogP contribution in [0.15, 0.2) is 23.4 Å². The van der Waals surface area contributed by atoms with Crippen molar-refractivity contribution in [1.82, 2.24) is 0 Å². The molecule has 0 aliphatic heterocycles. The third kappa shape index (κ3) is 4.85. The van der Waals surface area contributed by atoms with Crippen molar-refractivity contribution >= 4 is 21.4 Å². The molecule has 0 spiro atoms. The molecule has 0 aliphatic carbocycles. The van der Waals surface area contributed by atoms with Crippen LogP contribution in [0.1, 0.15) is 38.3 Å². The van der Waals surface area contributed by atoms with Gasteiger partial charge in [-0.2, -0.15) is 21.6 Å². The summed E-state index contributed by atoms with van der Waals surface area (Å²) in [5.41, 5.74) is -4.73. The molecule has 0 saturated heterocycles. The summed E-state index contributed by atoms with van der Waals surface area (Å²) in [4.78, 5) is 5.19. The van der Waals surface area contributed by atoms with Gasteiger partial charge in [-0.15, -0.1) is 0 Å². The number of nitrogens with zero attached hydrogens (tertiary/aromatic N) is 1. The van der Waals surface area contributed by atoms with Crippen molar-refractivity contribution in [1.29, 1.82) is 0 Å². The molecule has 0 aromatic heterocycles. The molecule has 0 saturated carbocycles. The Morgan fingerprint density at radius 3 is 2.52 bits per heavy atom. The first-order valence-electron chi connectivity index (χ1n) is 6.89. The van der Waals surface area contributed by atoms with Crippen LogP contribution < -0.4 is 4.72 Å². The van der Waals surface area contributed by atoms with Gasteiger partial charge in [0.1, 0.15) is 6.10 Å². The number of alkyl halides is 3. The van der Waals surface area contributed by atoms with E-state index in [-0.39, 0.29) is 23.1 Å². The van der Waals surface area contributed by atoms with E-state index >= 15 is 0 Å². The lowest BCUT2D eigenvalue weighted by Gasteiger charge is -2.16. The summed E-state index contributed by atoms with van der Waals surface area (Å²) >= 11 is 0. The average molecular weight is 352 g/mol. The van der Waals surface area contributed by atoms with Crippen LogP contribution in [0.3, 0.4) is 0 Å². The summed E-state index contributed by atoms with van der Waals surface area (Å²) < 4.78 is 62.0. The monoisotopic (exact) mass is 352 g/mol. The molecule has 23 heavy (non-hydrogen) atoms. The number of sulfonamides is 1. The maximum atomic E-state index is 12.6. The largest absolute Gasteiger partial charge is 0.516 e. The number of hydrogen-bond donors (Lipinski definition) is 1. The summed E-state index contributed by atoms with van der Waals surface area (Å²) in [5, 5.41) is 3.86. The molecule has 0 radical (unpaired) electrons. The lowest BCUT2D eigenvalue weighted by molar-refractivity contribution is -0.0429. The number of para-hydroxylation sites is 1. The molecule has 9 heteroatoms. The second-order valence-electron chi connectivity index (χ2n) is 5.05. The molecule has 0 amide bonds. The topological polar surface area (TPSA) is 67.8 Å². The Hall–Kier alpha value is -1.77. The van der Waals surface area contributed by atoms with Gasteiger partial charge in [-0.25, -0.2) is 0 Å². The summed E-state index contributed by atoms with van der Waals surface area (Å²) in [6.07, 6.45) is 0.545. The molecule has 1 N–H and O–H groups in total. The number of oxime groups is 1. The van der Waals surface area contributed by atoms with Gasteiger partial charge in [0.2, 0.25) is 0 Å². The SMILES string of the molecule is CCC(C)ON=C(C)c1cccc(C)c1NS(=O)(=O)C(F)(F)F. The molecule has 0 aliphatic rings. The number of benzene rings is 1. The molecule has 1 unspecified atom stereocenters. The van der Waals surface area contributed by atoms with Crippen LogP contribution in [0, 0.1) is 6.92 Å². The second-order valence-corrected chi connectivity index (χ2v) is 6.72. The van der Waals surface area contributed by atoms with E-state index in [2.05, 4.69) is 5.16 Å². The highest BCUT2D eigenvalue weighted by Crippen LogP contribution is 2.29. The molecule has 0 heterocycles. The van der Waals surface area contributed by atoms with E-state index in [0.29, 0.717) is 12.0 Å². The minimum atomic E-state index is -5.51. The number of aryl methyl sites for hydroxylation is 1. The maximum Gasteiger partial charge on any atom is 0.516 e. The van der Waals surface area contributed by atoms with Crippen LogP contribution in [0.2, 0.25) is 0 Å².